The Bertz CT molecular complexity index is 503. The summed E-state index contributed by atoms with van der Waals surface area (Å²) in [6.07, 6.45) is 1.51. The maximum atomic E-state index is 5.46. The van der Waals surface area contributed by atoms with Crippen molar-refractivity contribution in [3.8, 4) is 11.5 Å². The van der Waals surface area contributed by atoms with Gasteiger partial charge in [-0.3, -0.25) is 0 Å². The van der Waals surface area contributed by atoms with Crippen molar-refractivity contribution in [2.75, 3.05) is 19.5 Å². The Balaban J connectivity index is 2.22. The van der Waals surface area contributed by atoms with Crippen LogP contribution in [0.4, 0.5) is 11.7 Å². The molecule has 96 valence electrons. The normalized spacial score (nSPS) is 10.2. The Labute approximate surface area is 105 Å². The molecular weight excluding hydrogens is 234 g/mol. The fraction of sp³-hybridized carbons (Fsp3) is 0.250. The molecule has 0 fully saturated rings. The van der Waals surface area contributed by atoms with Gasteiger partial charge in [-0.1, -0.05) is 0 Å². The molecule has 0 saturated carbocycles. The van der Waals surface area contributed by atoms with Gasteiger partial charge in [-0.2, -0.15) is 4.98 Å². The van der Waals surface area contributed by atoms with Crippen molar-refractivity contribution >= 4 is 11.7 Å². The standard InChI is InChI=1S/C12H15N3O3/c1-16-10-3-8(4-11(5-10)17-2)14-12-15-9(6-13)7-18-12/h3-5,7H,6,13H2,1-2H3,(H,14,15). The van der Waals surface area contributed by atoms with Crippen LogP contribution in [0.25, 0.3) is 0 Å². The van der Waals surface area contributed by atoms with Gasteiger partial charge in [-0.25, -0.2) is 0 Å². The van der Waals surface area contributed by atoms with Crippen molar-refractivity contribution in [3.63, 3.8) is 0 Å². The third kappa shape index (κ3) is 2.72. The average molecular weight is 249 g/mol. The molecule has 0 spiro atoms. The molecule has 0 bridgehead atoms. The highest BCUT2D eigenvalue weighted by Crippen LogP contribution is 2.27. The van der Waals surface area contributed by atoms with Crippen molar-refractivity contribution in [3.05, 3.63) is 30.2 Å². The molecule has 0 aliphatic carbocycles. The van der Waals surface area contributed by atoms with Crippen LogP contribution in [-0.4, -0.2) is 19.2 Å². The van der Waals surface area contributed by atoms with Gasteiger partial charge in [0.15, 0.2) is 0 Å². The van der Waals surface area contributed by atoms with Gasteiger partial charge in [0.1, 0.15) is 17.8 Å². The van der Waals surface area contributed by atoms with E-state index in [-0.39, 0.29) is 0 Å². The maximum absolute atomic E-state index is 5.46. The second-order valence-corrected chi connectivity index (χ2v) is 3.57. The molecule has 0 amide bonds. The molecule has 6 heteroatoms. The largest absolute Gasteiger partial charge is 0.497 e. The van der Waals surface area contributed by atoms with Crippen LogP contribution in [0, 0.1) is 0 Å². The summed E-state index contributed by atoms with van der Waals surface area (Å²) >= 11 is 0. The van der Waals surface area contributed by atoms with Gasteiger partial charge in [0.2, 0.25) is 0 Å². The fourth-order valence-corrected chi connectivity index (χ4v) is 1.46. The van der Waals surface area contributed by atoms with Gasteiger partial charge in [0.25, 0.3) is 6.01 Å². The molecular formula is C12H15N3O3. The zero-order valence-corrected chi connectivity index (χ0v) is 10.3. The molecule has 0 radical (unpaired) electrons. The minimum atomic E-state index is 0.340. The number of nitrogens with one attached hydrogen (secondary N) is 1. The van der Waals surface area contributed by atoms with E-state index in [1.165, 1.54) is 6.26 Å². The summed E-state index contributed by atoms with van der Waals surface area (Å²) in [5, 5.41) is 3.01. The van der Waals surface area contributed by atoms with E-state index in [2.05, 4.69) is 10.3 Å². The lowest BCUT2D eigenvalue weighted by Gasteiger charge is -2.08. The van der Waals surface area contributed by atoms with E-state index in [0.29, 0.717) is 29.8 Å². The summed E-state index contributed by atoms with van der Waals surface area (Å²) in [6.45, 7) is 0.340. The molecule has 0 atom stereocenters. The first-order valence-electron chi connectivity index (χ1n) is 5.39. The SMILES string of the molecule is COc1cc(Nc2nc(CN)co2)cc(OC)c1. The van der Waals surface area contributed by atoms with Crippen LogP contribution in [0.1, 0.15) is 5.69 Å². The molecule has 2 aromatic rings. The molecule has 0 aliphatic heterocycles. The molecule has 0 aliphatic rings. The van der Waals surface area contributed by atoms with Gasteiger partial charge in [0, 0.05) is 30.4 Å². The lowest BCUT2D eigenvalue weighted by molar-refractivity contribution is 0.394. The maximum Gasteiger partial charge on any atom is 0.299 e. The number of ether oxygens (including phenoxy) is 2. The van der Waals surface area contributed by atoms with Crippen LogP contribution >= 0.6 is 0 Å². The van der Waals surface area contributed by atoms with Crippen LogP contribution in [0.15, 0.2) is 28.9 Å². The number of rotatable bonds is 5. The Hall–Kier alpha value is -2.21. The molecule has 2 rings (SSSR count). The van der Waals surface area contributed by atoms with Crippen LogP contribution in [0.2, 0.25) is 0 Å². The van der Waals surface area contributed by atoms with Crippen LogP contribution < -0.4 is 20.5 Å². The quantitative estimate of drug-likeness (QED) is 0.842. The van der Waals surface area contributed by atoms with Crippen LogP contribution in [0.3, 0.4) is 0 Å². The van der Waals surface area contributed by atoms with E-state index in [9.17, 15) is 0 Å². The first-order valence-corrected chi connectivity index (χ1v) is 5.39. The van der Waals surface area contributed by atoms with Gasteiger partial charge in [-0.05, 0) is 0 Å². The molecule has 18 heavy (non-hydrogen) atoms. The number of nitrogens with zero attached hydrogens (tertiary/aromatic N) is 1. The fourth-order valence-electron chi connectivity index (χ4n) is 1.46. The summed E-state index contributed by atoms with van der Waals surface area (Å²) in [6, 6.07) is 5.79. The Kier molecular flexibility index (Phi) is 3.69. The van der Waals surface area contributed by atoms with Crippen LogP contribution in [0.5, 0.6) is 11.5 Å². The Morgan fingerprint density at radius 2 is 1.89 bits per heavy atom. The van der Waals surface area contributed by atoms with Crippen molar-refractivity contribution < 1.29 is 13.9 Å². The third-order valence-corrected chi connectivity index (χ3v) is 2.36. The lowest BCUT2D eigenvalue weighted by atomic mass is 10.3. The molecule has 1 aromatic carbocycles. The smallest absolute Gasteiger partial charge is 0.299 e. The van der Waals surface area contributed by atoms with E-state index in [1.54, 1.807) is 20.3 Å². The monoisotopic (exact) mass is 249 g/mol. The lowest BCUT2D eigenvalue weighted by Crippen LogP contribution is -1.97. The van der Waals surface area contributed by atoms with E-state index < -0.39 is 0 Å². The minimum Gasteiger partial charge on any atom is -0.497 e. The van der Waals surface area contributed by atoms with Crippen molar-refractivity contribution in [2.24, 2.45) is 5.73 Å². The van der Waals surface area contributed by atoms with Gasteiger partial charge < -0.3 is 24.9 Å². The zero-order chi connectivity index (χ0) is 13.0. The third-order valence-electron chi connectivity index (χ3n) is 2.36. The number of nitrogens with two attached hydrogens (primary N) is 1. The van der Waals surface area contributed by atoms with Gasteiger partial charge >= 0.3 is 0 Å². The minimum absolute atomic E-state index is 0.340. The van der Waals surface area contributed by atoms with E-state index in [4.69, 9.17) is 19.6 Å². The van der Waals surface area contributed by atoms with E-state index in [0.717, 1.165) is 5.69 Å². The highest BCUT2D eigenvalue weighted by Gasteiger charge is 2.06. The van der Waals surface area contributed by atoms with Crippen molar-refractivity contribution in [1.29, 1.82) is 0 Å². The molecule has 3 N–H and O–H groups in total. The average Bonchev–Trinajstić information content (AvgIpc) is 2.85. The molecule has 0 unspecified atom stereocenters. The highest BCUT2D eigenvalue weighted by atomic mass is 16.5. The summed E-state index contributed by atoms with van der Waals surface area (Å²) in [4.78, 5) is 4.15. The number of oxazole rings is 1. The summed E-state index contributed by atoms with van der Waals surface area (Å²) in [7, 11) is 3.19. The number of methoxy groups -OCH3 is 2. The summed E-state index contributed by atoms with van der Waals surface area (Å²) < 4.78 is 15.6. The van der Waals surface area contributed by atoms with E-state index in [1.807, 2.05) is 12.1 Å². The number of hydrogen-bond acceptors (Lipinski definition) is 6. The van der Waals surface area contributed by atoms with Crippen LogP contribution in [-0.2, 0) is 6.54 Å². The molecule has 1 heterocycles. The molecule has 6 nitrogen and oxygen atoms in total. The first-order chi connectivity index (χ1) is 8.75. The van der Waals surface area contributed by atoms with E-state index >= 15 is 0 Å². The Morgan fingerprint density at radius 1 is 1.22 bits per heavy atom. The summed E-state index contributed by atoms with van der Waals surface area (Å²) in [5.74, 6) is 1.37. The zero-order valence-electron chi connectivity index (χ0n) is 10.3. The number of anilines is 2. The predicted molar refractivity (Wildman–Crippen MR) is 67.2 cm³/mol. The predicted octanol–water partition coefficient (Wildman–Crippen LogP) is 1.89. The molecule has 0 saturated heterocycles. The highest BCUT2D eigenvalue weighted by molar-refractivity contribution is 5.58. The van der Waals surface area contributed by atoms with Gasteiger partial charge in [-0.15, -0.1) is 0 Å². The number of benzene rings is 1. The number of aromatic nitrogens is 1. The second-order valence-electron chi connectivity index (χ2n) is 3.57. The topological polar surface area (TPSA) is 82.5 Å². The Morgan fingerprint density at radius 3 is 2.39 bits per heavy atom. The van der Waals surface area contributed by atoms with Crippen molar-refractivity contribution in [2.45, 2.75) is 6.54 Å². The number of hydrogen-bond donors (Lipinski definition) is 2. The first kappa shape index (κ1) is 12.3. The van der Waals surface area contributed by atoms with Crippen molar-refractivity contribution in [1.82, 2.24) is 4.98 Å². The van der Waals surface area contributed by atoms with Gasteiger partial charge in [0.05, 0.1) is 19.9 Å². The summed E-state index contributed by atoms with van der Waals surface area (Å²) in [5.41, 5.74) is 6.91. The second kappa shape index (κ2) is 5.42. The molecule has 1 aromatic heterocycles.